The molecule has 0 aliphatic rings. The van der Waals surface area contributed by atoms with E-state index in [1.165, 1.54) is 0 Å². The van der Waals surface area contributed by atoms with E-state index in [1.54, 1.807) is 43.5 Å². The number of furan rings is 1. The second kappa shape index (κ2) is 6.19. The molecule has 1 aromatic heterocycles. The standard InChI is InChI=1S/C11H11N3O2/c1-9(13-14-11(15)6-7-12)4-5-10-3-2-8-16-10/h2-5,8H,6H2,1H3,(H,14,15). The Morgan fingerprint density at radius 3 is 3.19 bits per heavy atom. The third kappa shape index (κ3) is 4.24. The molecule has 0 aliphatic carbocycles. The van der Waals surface area contributed by atoms with Gasteiger partial charge >= 0.3 is 0 Å². The molecule has 1 N–H and O–H groups in total. The van der Waals surface area contributed by atoms with Crippen LogP contribution in [-0.4, -0.2) is 11.6 Å². The van der Waals surface area contributed by atoms with Crippen LogP contribution in [-0.2, 0) is 4.79 Å². The lowest BCUT2D eigenvalue weighted by Crippen LogP contribution is -2.17. The molecular weight excluding hydrogens is 206 g/mol. The molecule has 1 heterocycles. The van der Waals surface area contributed by atoms with Crippen LogP contribution in [0.15, 0.2) is 34.0 Å². The van der Waals surface area contributed by atoms with Crippen molar-refractivity contribution in [2.45, 2.75) is 13.3 Å². The maximum atomic E-state index is 10.9. The molecule has 0 saturated carbocycles. The lowest BCUT2D eigenvalue weighted by molar-refractivity contribution is -0.120. The van der Waals surface area contributed by atoms with Crippen molar-refractivity contribution < 1.29 is 9.21 Å². The zero-order chi connectivity index (χ0) is 11.8. The summed E-state index contributed by atoms with van der Waals surface area (Å²) in [4.78, 5) is 10.9. The summed E-state index contributed by atoms with van der Waals surface area (Å²) >= 11 is 0. The third-order valence-corrected chi connectivity index (χ3v) is 1.63. The number of hydrogen-bond acceptors (Lipinski definition) is 4. The summed E-state index contributed by atoms with van der Waals surface area (Å²) in [6.45, 7) is 1.73. The van der Waals surface area contributed by atoms with Gasteiger partial charge in [-0.3, -0.25) is 4.79 Å². The van der Waals surface area contributed by atoms with Gasteiger partial charge in [-0.05, 0) is 31.2 Å². The van der Waals surface area contributed by atoms with Crippen molar-refractivity contribution in [1.29, 1.82) is 5.26 Å². The first kappa shape index (κ1) is 11.7. The molecule has 1 aromatic rings. The third-order valence-electron chi connectivity index (χ3n) is 1.63. The van der Waals surface area contributed by atoms with Crippen LogP contribution < -0.4 is 5.43 Å². The van der Waals surface area contributed by atoms with Crippen molar-refractivity contribution in [3.63, 3.8) is 0 Å². The minimum absolute atomic E-state index is 0.196. The summed E-state index contributed by atoms with van der Waals surface area (Å²) in [6, 6.07) is 5.31. The number of carbonyl (C=O) groups is 1. The van der Waals surface area contributed by atoms with E-state index >= 15 is 0 Å². The summed E-state index contributed by atoms with van der Waals surface area (Å²) < 4.78 is 5.08. The number of nitriles is 1. The molecule has 1 rings (SSSR count). The summed E-state index contributed by atoms with van der Waals surface area (Å²) in [7, 11) is 0. The lowest BCUT2D eigenvalue weighted by atomic mass is 10.3. The molecule has 5 heteroatoms. The maximum absolute atomic E-state index is 10.9. The Labute approximate surface area is 93.1 Å². The van der Waals surface area contributed by atoms with Gasteiger partial charge in [-0.15, -0.1) is 0 Å². The highest BCUT2D eigenvalue weighted by molar-refractivity contribution is 5.96. The maximum Gasteiger partial charge on any atom is 0.254 e. The summed E-state index contributed by atoms with van der Waals surface area (Å²) in [5.41, 5.74) is 2.87. The predicted octanol–water partition coefficient (Wildman–Crippen LogP) is 1.70. The summed E-state index contributed by atoms with van der Waals surface area (Å²) in [5.74, 6) is 0.283. The number of hydrogen-bond donors (Lipinski definition) is 1. The Morgan fingerprint density at radius 2 is 2.56 bits per heavy atom. The molecule has 0 unspecified atom stereocenters. The van der Waals surface area contributed by atoms with Crippen molar-refractivity contribution >= 4 is 17.7 Å². The predicted molar refractivity (Wildman–Crippen MR) is 59.2 cm³/mol. The molecule has 0 bridgehead atoms. The fourth-order valence-corrected chi connectivity index (χ4v) is 0.888. The number of nitrogens with zero attached hydrogens (tertiary/aromatic N) is 2. The Morgan fingerprint density at radius 1 is 1.75 bits per heavy atom. The quantitative estimate of drug-likeness (QED) is 0.615. The van der Waals surface area contributed by atoms with Gasteiger partial charge in [0.1, 0.15) is 12.2 Å². The smallest absolute Gasteiger partial charge is 0.254 e. The van der Waals surface area contributed by atoms with Crippen LogP contribution in [0.25, 0.3) is 6.08 Å². The lowest BCUT2D eigenvalue weighted by Gasteiger charge is -1.94. The molecule has 0 saturated heterocycles. The fraction of sp³-hybridized carbons (Fsp3) is 0.182. The van der Waals surface area contributed by atoms with Crippen LogP contribution in [0.2, 0.25) is 0 Å². The first-order valence-corrected chi connectivity index (χ1v) is 4.64. The highest BCUT2D eigenvalue weighted by atomic mass is 16.3. The first-order chi connectivity index (χ1) is 7.72. The van der Waals surface area contributed by atoms with Gasteiger partial charge in [0.25, 0.3) is 5.91 Å². The summed E-state index contributed by atoms with van der Waals surface area (Å²) in [5, 5.41) is 12.0. The molecule has 82 valence electrons. The number of allylic oxidation sites excluding steroid dienone is 1. The Balaban J connectivity index is 2.46. The average Bonchev–Trinajstić information content (AvgIpc) is 2.77. The molecule has 0 spiro atoms. The second-order valence-corrected chi connectivity index (χ2v) is 2.97. The van der Waals surface area contributed by atoms with Crippen molar-refractivity contribution in [2.75, 3.05) is 0 Å². The molecular formula is C11H11N3O2. The zero-order valence-corrected chi connectivity index (χ0v) is 8.80. The van der Waals surface area contributed by atoms with E-state index < -0.39 is 5.91 Å². The van der Waals surface area contributed by atoms with Crippen LogP contribution in [0.1, 0.15) is 19.1 Å². The number of hydrazone groups is 1. The van der Waals surface area contributed by atoms with Crippen LogP contribution in [0, 0.1) is 11.3 Å². The monoisotopic (exact) mass is 217 g/mol. The van der Waals surface area contributed by atoms with Crippen LogP contribution in [0.4, 0.5) is 0 Å². The van der Waals surface area contributed by atoms with Crippen molar-refractivity contribution in [3.8, 4) is 6.07 Å². The van der Waals surface area contributed by atoms with Crippen LogP contribution in [0.5, 0.6) is 0 Å². The minimum atomic E-state index is -0.423. The summed E-state index contributed by atoms with van der Waals surface area (Å²) in [6.07, 6.45) is 4.81. The van der Waals surface area contributed by atoms with Gasteiger partial charge in [0.05, 0.1) is 18.0 Å². The van der Waals surface area contributed by atoms with Crippen LogP contribution in [0.3, 0.4) is 0 Å². The van der Waals surface area contributed by atoms with Crippen molar-refractivity contribution in [3.05, 3.63) is 30.2 Å². The second-order valence-electron chi connectivity index (χ2n) is 2.97. The molecule has 0 atom stereocenters. The van der Waals surface area contributed by atoms with E-state index in [9.17, 15) is 4.79 Å². The van der Waals surface area contributed by atoms with Gasteiger partial charge in [-0.2, -0.15) is 10.4 Å². The van der Waals surface area contributed by atoms with E-state index in [-0.39, 0.29) is 6.42 Å². The van der Waals surface area contributed by atoms with Crippen LogP contribution >= 0.6 is 0 Å². The topological polar surface area (TPSA) is 78.4 Å². The number of amides is 1. The average molecular weight is 217 g/mol. The van der Waals surface area contributed by atoms with Gasteiger partial charge in [0, 0.05) is 0 Å². The van der Waals surface area contributed by atoms with Gasteiger partial charge in [-0.1, -0.05) is 0 Å². The zero-order valence-electron chi connectivity index (χ0n) is 8.80. The van der Waals surface area contributed by atoms with Gasteiger partial charge in [0.15, 0.2) is 0 Å². The van der Waals surface area contributed by atoms with E-state index in [4.69, 9.17) is 9.68 Å². The molecule has 0 radical (unpaired) electrons. The van der Waals surface area contributed by atoms with E-state index in [1.807, 2.05) is 0 Å². The largest absolute Gasteiger partial charge is 0.465 e. The normalized spacial score (nSPS) is 11.4. The Bertz CT molecular complexity index is 438. The Kier molecular flexibility index (Phi) is 4.54. The highest BCUT2D eigenvalue weighted by Crippen LogP contribution is 2.02. The van der Waals surface area contributed by atoms with Crippen molar-refractivity contribution in [1.82, 2.24) is 5.43 Å². The highest BCUT2D eigenvalue weighted by Gasteiger charge is 1.96. The van der Waals surface area contributed by atoms with E-state index in [0.717, 1.165) is 0 Å². The SMILES string of the molecule is CC(C=Cc1ccco1)=NNC(=O)CC#N. The first-order valence-electron chi connectivity index (χ1n) is 4.64. The molecule has 0 aromatic carbocycles. The van der Waals surface area contributed by atoms with E-state index in [2.05, 4.69) is 10.5 Å². The number of nitrogens with one attached hydrogen (secondary N) is 1. The van der Waals surface area contributed by atoms with Gasteiger partial charge in [-0.25, -0.2) is 5.43 Å². The van der Waals surface area contributed by atoms with Gasteiger partial charge in [0.2, 0.25) is 0 Å². The molecule has 5 nitrogen and oxygen atoms in total. The fourth-order valence-electron chi connectivity index (χ4n) is 0.888. The molecule has 0 fully saturated rings. The molecule has 1 amide bonds. The molecule has 16 heavy (non-hydrogen) atoms. The van der Waals surface area contributed by atoms with Gasteiger partial charge < -0.3 is 4.42 Å². The minimum Gasteiger partial charge on any atom is -0.465 e. The number of carbonyl (C=O) groups excluding carboxylic acids is 1. The molecule has 0 aliphatic heterocycles. The Hall–Kier alpha value is -2.35. The van der Waals surface area contributed by atoms with Crippen molar-refractivity contribution in [2.24, 2.45) is 5.10 Å². The number of rotatable bonds is 4. The van der Waals surface area contributed by atoms with E-state index in [0.29, 0.717) is 11.5 Å².